The number of sulfonamides is 1. The van der Waals surface area contributed by atoms with Gasteiger partial charge in [0.05, 0.1) is 0 Å². The van der Waals surface area contributed by atoms with Crippen LogP contribution in [-0.2, 0) is 10.0 Å². The number of aromatic amines is 1. The van der Waals surface area contributed by atoms with E-state index in [2.05, 4.69) is 11.9 Å². The van der Waals surface area contributed by atoms with Gasteiger partial charge in [0.2, 0.25) is 10.0 Å². The number of rotatable bonds is 4. The Hall–Kier alpha value is -0.990. The number of nitrogens with zero attached hydrogens (tertiary/aromatic N) is 2. The molecule has 1 aromatic rings. The molecule has 2 aliphatic rings. The molecule has 1 N–H and O–H groups in total. The van der Waals surface area contributed by atoms with Crippen LogP contribution < -0.4 is 0 Å². The van der Waals surface area contributed by atoms with Gasteiger partial charge in [0, 0.05) is 43.9 Å². The molecule has 0 spiro atoms. The molecule has 2 unspecified atom stereocenters. The molecular weight excluding hydrogens is 358 g/mol. The van der Waals surface area contributed by atoms with Crippen molar-refractivity contribution in [2.75, 3.05) is 31.6 Å². The van der Waals surface area contributed by atoms with Crippen LogP contribution in [0.4, 0.5) is 0 Å². The molecule has 1 saturated carbocycles. The third kappa shape index (κ3) is 3.90. The fourth-order valence-corrected chi connectivity index (χ4v) is 6.37. The second-order valence-electron chi connectivity index (χ2n) is 7.01. The van der Waals surface area contributed by atoms with E-state index in [0.717, 1.165) is 30.8 Å². The third-order valence-electron chi connectivity index (χ3n) is 5.38. The molecule has 25 heavy (non-hydrogen) atoms. The molecule has 140 valence electrons. The molecule has 8 heteroatoms. The Bertz CT molecular complexity index is 710. The lowest BCUT2D eigenvalue weighted by molar-refractivity contribution is 0.0623. The maximum absolute atomic E-state index is 12.8. The average Bonchev–Trinajstić information content (AvgIpc) is 3.12. The number of hydrogen-bond acceptors (Lipinski definition) is 4. The Morgan fingerprint density at radius 3 is 2.64 bits per heavy atom. The maximum Gasteiger partial charge on any atom is 0.270 e. The van der Waals surface area contributed by atoms with Crippen LogP contribution in [0.2, 0.25) is 0 Å². The van der Waals surface area contributed by atoms with Gasteiger partial charge in [-0.15, -0.1) is 0 Å². The molecule has 1 aromatic heterocycles. The lowest BCUT2D eigenvalue weighted by Gasteiger charge is -2.36. The predicted molar refractivity (Wildman–Crippen MR) is 100 cm³/mol. The largest absolute Gasteiger partial charge is 0.356 e. The quantitative estimate of drug-likeness (QED) is 0.864. The predicted octanol–water partition coefficient (Wildman–Crippen LogP) is 2.40. The summed E-state index contributed by atoms with van der Waals surface area (Å²) < 4.78 is 26.9. The van der Waals surface area contributed by atoms with E-state index in [1.165, 1.54) is 23.0 Å². The van der Waals surface area contributed by atoms with Crippen molar-refractivity contribution >= 4 is 27.7 Å². The fraction of sp³-hybridized carbons (Fsp3) is 0.706. The molecule has 0 radical (unpaired) electrons. The Kier molecular flexibility index (Phi) is 5.80. The standard InChI is InChI=1S/C17H27N3O3S2/c1-13-5-3-4-6-16(13)19(2)17(21)15-11-14(12-18-15)25(22,23)20-7-9-24-10-8-20/h11-13,16,18H,3-10H2,1-2H3. The van der Waals surface area contributed by atoms with E-state index < -0.39 is 10.0 Å². The van der Waals surface area contributed by atoms with Gasteiger partial charge < -0.3 is 9.88 Å². The number of aromatic nitrogens is 1. The van der Waals surface area contributed by atoms with Crippen LogP contribution in [-0.4, -0.2) is 66.2 Å². The molecule has 1 aliphatic heterocycles. The van der Waals surface area contributed by atoms with Gasteiger partial charge in [-0.25, -0.2) is 8.42 Å². The van der Waals surface area contributed by atoms with E-state index in [-0.39, 0.29) is 16.8 Å². The van der Waals surface area contributed by atoms with Crippen molar-refractivity contribution in [3.05, 3.63) is 18.0 Å². The number of amides is 1. The van der Waals surface area contributed by atoms with Gasteiger partial charge in [-0.3, -0.25) is 4.79 Å². The summed E-state index contributed by atoms with van der Waals surface area (Å²) >= 11 is 1.77. The van der Waals surface area contributed by atoms with Gasteiger partial charge in [-0.2, -0.15) is 16.1 Å². The molecule has 0 bridgehead atoms. The molecule has 2 atom stereocenters. The van der Waals surface area contributed by atoms with E-state index in [9.17, 15) is 13.2 Å². The minimum Gasteiger partial charge on any atom is -0.356 e. The number of carbonyl (C=O) groups excluding carboxylic acids is 1. The lowest BCUT2D eigenvalue weighted by atomic mass is 9.85. The first kappa shape index (κ1) is 18.8. The van der Waals surface area contributed by atoms with E-state index >= 15 is 0 Å². The van der Waals surface area contributed by atoms with Crippen LogP contribution in [0.3, 0.4) is 0 Å². The molecule has 6 nitrogen and oxygen atoms in total. The van der Waals surface area contributed by atoms with Gasteiger partial charge in [-0.1, -0.05) is 19.8 Å². The first-order valence-electron chi connectivity index (χ1n) is 8.94. The summed E-state index contributed by atoms with van der Waals surface area (Å²) in [5.41, 5.74) is 0.352. The fourth-order valence-electron chi connectivity index (χ4n) is 3.80. The molecular formula is C17H27N3O3S2. The SMILES string of the molecule is CC1CCCCC1N(C)C(=O)c1cc(S(=O)(=O)N2CCSCC2)c[nH]1. The number of carbonyl (C=O) groups is 1. The third-order valence-corrected chi connectivity index (χ3v) is 8.20. The zero-order valence-electron chi connectivity index (χ0n) is 14.9. The van der Waals surface area contributed by atoms with Crippen molar-refractivity contribution in [1.29, 1.82) is 0 Å². The number of thioether (sulfide) groups is 1. The molecule has 1 aliphatic carbocycles. The lowest BCUT2D eigenvalue weighted by Crippen LogP contribution is -2.42. The highest BCUT2D eigenvalue weighted by molar-refractivity contribution is 7.99. The summed E-state index contributed by atoms with van der Waals surface area (Å²) in [7, 11) is -1.69. The Morgan fingerprint density at radius 2 is 1.96 bits per heavy atom. The van der Waals surface area contributed by atoms with Crippen molar-refractivity contribution < 1.29 is 13.2 Å². The highest BCUT2D eigenvalue weighted by atomic mass is 32.2. The van der Waals surface area contributed by atoms with Crippen LogP contribution in [0, 0.1) is 5.92 Å². The van der Waals surface area contributed by atoms with E-state index in [4.69, 9.17) is 0 Å². The molecule has 2 fully saturated rings. The Balaban J connectivity index is 1.75. The first-order valence-corrected chi connectivity index (χ1v) is 11.5. The average molecular weight is 386 g/mol. The van der Waals surface area contributed by atoms with Gasteiger partial charge in [0.1, 0.15) is 10.6 Å². The van der Waals surface area contributed by atoms with Crippen molar-refractivity contribution in [3.8, 4) is 0 Å². The molecule has 1 saturated heterocycles. The van der Waals surface area contributed by atoms with Gasteiger partial charge in [0.25, 0.3) is 5.91 Å². The topological polar surface area (TPSA) is 73.5 Å². The van der Waals surface area contributed by atoms with Crippen LogP contribution >= 0.6 is 11.8 Å². The van der Waals surface area contributed by atoms with Crippen LogP contribution in [0.1, 0.15) is 43.1 Å². The van der Waals surface area contributed by atoms with Crippen LogP contribution in [0.5, 0.6) is 0 Å². The van der Waals surface area contributed by atoms with Crippen molar-refractivity contribution in [3.63, 3.8) is 0 Å². The Labute approximate surface area is 154 Å². The second kappa shape index (κ2) is 7.72. The molecule has 0 aromatic carbocycles. The normalized spacial score (nSPS) is 25.7. The second-order valence-corrected chi connectivity index (χ2v) is 10.2. The van der Waals surface area contributed by atoms with Crippen LogP contribution in [0.15, 0.2) is 17.2 Å². The van der Waals surface area contributed by atoms with E-state index in [1.54, 1.807) is 16.7 Å². The monoisotopic (exact) mass is 385 g/mol. The molecule has 2 heterocycles. The summed E-state index contributed by atoms with van der Waals surface area (Å²) in [6, 6.07) is 1.72. The number of hydrogen-bond donors (Lipinski definition) is 1. The molecule has 3 rings (SSSR count). The van der Waals surface area contributed by atoms with E-state index in [1.807, 2.05) is 7.05 Å². The maximum atomic E-state index is 12.8. The summed E-state index contributed by atoms with van der Waals surface area (Å²) in [4.78, 5) is 17.6. The summed E-state index contributed by atoms with van der Waals surface area (Å²) in [5.74, 6) is 1.98. The highest BCUT2D eigenvalue weighted by Crippen LogP contribution is 2.28. The van der Waals surface area contributed by atoms with Crippen molar-refractivity contribution in [1.82, 2.24) is 14.2 Å². The van der Waals surface area contributed by atoms with Crippen molar-refractivity contribution in [2.24, 2.45) is 5.92 Å². The minimum atomic E-state index is -3.52. The number of nitrogens with one attached hydrogen (secondary N) is 1. The van der Waals surface area contributed by atoms with Gasteiger partial charge in [-0.05, 0) is 24.8 Å². The van der Waals surface area contributed by atoms with Crippen molar-refractivity contribution in [2.45, 2.75) is 43.5 Å². The smallest absolute Gasteiger partial charge is 0.270 e. The van der Waals surface area contributed by atoms with Crippen LogP contribution in [0.25, 0.3) is 0 Å². The highest BCUT2D eigenvalue weighted by Gasteiger charge is 2.31. The van der Waals surface area contributed by atoms with Gasteiger partial charge in [0.15, 0.2) is 0 Å². The summed E-state index contributed by atoms with van der Waals surface area (Å²) in [6.07, 6.45) is 5.96. The van der Waals surface area contributed by atoms with Gasteiger partial charge >= 0.3 is 0 Å². The molecule has 1 amide bonds. The summed E-state index contributed by atoms with van der Waals surface area (Å²) in [6.45, 7) is 3.24. The summed E-state index contributed by atoms with van der Waals surface area (Å²) in [5, 5.41) is 0. The van der Waals surface area contributed by atoms with E-state index in [0.29, 0.717) is 24.7 Å². The zero-order valence-corrected chi connectivity index (χ0v) is 16.5. The zero-order chi connectivity index (χ0) is 18.0. The number of H-pyrrole nitrogens is 1. The first-order chi connectivity index (χ1) is 11.9. The minimum absolute atomic E-state index is 0.130. The Morgan fingerprint density at radius 1 is 1.28 bits per heavy atom.